The van der Waals surface area contributed by atoms with E-state index in [0.29, 0.717) is 0 Å². The minimum atomic E-state index is -4.82. The predicted octanol–water partition coefficient (Wildman–Crippen LogP) is 2.40. The van der Waals surface area contributed by atoms with Gasteiger partial charge in [0.05, 0.1) is 13.3 Å². The summed E-state index contributed by atoms with van der Waals surface area (Å²) in [5.74, 6) is -0.293. The standard InChI is InChI=1S/C9H8F3NO3/c1-15-7-3-2-6(5-13-14)8(4-7)16-9(10,11)12/h2-5,14H,1H3. The van der Waals surface area contributed by atoms with Gasteiger partial charge in [0.1, 0.15) is 11.5 Å². The van der Waals surface area contributed by atoms with E-state index in [4.69, 9.17) is 9.94 Å². The number of halogens is 3. The molecular formula is C9H8F3NO3. The molecule has 88 valence electrons. The summed E-state index contributed by atoms with van der Waals surface area (Å²) in [4.78, 5) is 0. The molecule has 1 aromatic rings. The summed E-state index contributed by atoms with van der Waals surface area (Å²) in [6.07, 6.45) is -3.98. The molecular weight excluding hydrogens is 227 g/mol. The number of ether oxygens (including phenoxy) is 2. The normalized spacial score (nSPS) is 11.8. The summed E-state index contributed by atoms with van der Waals surface area (Å²) >= 11 is 0. The summed E-state index contributed by atoms with van der Waals surface area (Å²) in [5, 5.41) is 10.9. The zero-order valence-corrected chi connectivity index (χ0v) is 8.15. The summed E-state index contributed by atoms with van der Waals surface area (Å²) in [6, 6.07) is 3.74. The van der Waals surface area contributed by atoms with Crippen molar-refractivity contribution in [2.45, 2.75) is 6.36 Å². The molecule has 16 heavy (non-hydrogen) atoms. The molecule has 0 aliphatic rings. The van der Waals surface area contributed by atoms with Gasteiger partial charge in [0.2, 0.25) is 0 Å². The lowest BCUT2D eigenvalue weighted by Crippen LogP contribution is -2.18. The molecule has 0 bridgehead atoms. The van der Waals surface area contributed by atoms with Crippen LogP contribution >= 0.6 is 0 Å². The molecule has 4 nitrogen and oxygen atoms in total. The monoisotopic (exact) mass is 235 g/mol. The second kappa shape index (κ2) is 4.73. The quantitative estimate of drug-likeness (QED) is 0.497. The highest BCUT2D eigenvalue weighted by Crippen LogP contribution is 2.29. The van der Waals surface area contributed by atoms with Crippen molar-refractivity contribution >= 4 is 6.21 Å². The highest BCUT2D eigenvalue weighted by molar-refractivity contribution is 5.83. The molecule has 0 fully saturated rings. The summed E-state index contributed by atoms with van der Waals surface area (Å²) < 4.78 is 44.6. The maximum absolute atomic E-state index is 12.0. The van der Waals surface area contributed by atoms with Crippen LogP contribution in [0.3, 0.4) is 0 Å². The Bertz CT molecular complexity index is 390. The van der Waals surface area contributed by atoms with E-state index in [1.165, 1.54) is 19.2 Å². The van der Waals surface area contributed by atoms with Crippen LogP contribution in [0.25, 0.3) is 0 Å². The van der Waals surface area contributed by atoms with E-state index in [2.05, 4.69) is 9.89 Å². The number of hydrogen-bond donors (Lipinski definition) is 1. The van der Waals surface area contributed by atoms with E-state index in [1.54, 1.807) is 0 Å². The lowest BCUT2D eigenvalue weighted by molar-refractivity contribution is -0.274. The van der Waals surface area contributed by atoms with Crippen LogP contribution in [0.15, 0.2) is 23.4 Å². The zero-order valence-electron chi connectivity index (χ0n) is 8.15. The summed E-state index contributed by atoms with van der Waals surface area (Å²) in [7, 11) is 1.31. The van der Waals surface area contributed by atoms with E-state index in [9.17, 15) is 13.2 Å². The lowest BCUT2D eigenvalue weighted by Gasteiger charge is -2.12. The van der Waals surface area contributed by atoms with Gasteiger partial charge in [0.15, 0.2) is 0 Å². The van der Waals surface area contributed by atoms with Gasteiger partial charge in [-0.05, 0) is 12.1 Å². The topological polar surface area (TPSA) is 51.0 Å². The molecule has 1 aromatic carbocycles. The lowest BCUT2D eigenvalue weighted by atomic mass is 10.2. The molecule has 0 aliphatic heterocycles. The van der Waals surface area contributed by atoms with Gasteiger partial charge in [-0.1, -0.05) is 5.16 Å². The van der Waals surface area contributed by atoms with Crippen molar-refractivity contribution in [2.24, 2.45) is 5.16 Å². The Morgan fingerprint density at radius 2 is 2.06 bits per heavy atom. The molecule has 0 unspecified atom stereocenters. The van der Waals surface area contributed by atoms with E-state index >= 15 is 0 Å². The fourth-order valence-electron chi connectivity index (χ4n) is 1.02. The first-order valence-corrected chi connectivity index (χ1v) is 4.07. The number of benzene rings is 1. The van der Waals surface area contributed by atoms with Gasteiger partial charge in [0.25, 0.3) is 0 Å². The minimum absolute atomic E-state index is 0.0133. The van der Waals surface area contributed by atoms with Crippen LogP contribution in [0.5, 0.6) is 11.5 Å². The molecule has 0 spiro atoms. The predicted molar refractivity (Wildman–Crippen MR) is 49.1 cm³/mol. The molecule has 0 saturated heterocycles. The number of oxime groups is 1. The zero-order chi connectivity index (χ0) is 12.2. The Balaban J connectivity index is 3.10. The van der Waals surface area contributed by atoms with Crippen LogP contribution in [-0.2, 0) is 0 Å². The average Bonchev–Trinajstić information content (AvgIpc) is 2.18. The maximum Gasteiger partial charge on any atom is 0.573 e. The van der Waals surface area contributed by atoms with Gasteiger partial charge >= 0.3 is 6.36 Å². The van der Waals surface area contributed by atoms with Crippen LogP contribution in [0, 0.1) is 0 Å². The minimum Gasteiger partial charge on any atom is -0.497 e. The first kappa shape index (κ1) is 12.2. The first-order valence-electron chi connectivity index (χ1n) is 4.07. The van der Waals surface area contributed by atoms with Crippen molar-refractivity contribution in [3.63, 3.8) is 0 Å². The smallest absolute Gasteiger partial charge is 0.497 e. The van der Waals surface area contributed by atoms with Crippen LogP contribution in [-0.4, -0.2) is 24.9 Å². The van der Waals surface area contributed by atoms with Gasteiger partial charge in [-0.2, -0.15) is 0 Å². The Morgan fingerprint density at radius 3 is 2.56 bits per heavy atom. The fraction of sp³-hybridized carbons (Fsp3) is 0.222. The van der Waals surface area contributed by atoms with Gasteiger partial charge in [0, 0.05) is 11.6 Å². The molecule has 0 atom stereocenters. The molecule has 0 saturated carbocycles. The third kappa shape index (κ3) is 3.34. The van der Waals surface area contributed by atoms with Gasteiger partial charge in [-0.25, -0.2) is 0 Å². The Hall–Kier alpha value is -1.92. The van der Waals surface area contributed by atoms with E-state index in [1.807, 2.05) is 0 Å². The first-order chi connectivity index (χ1) is 7.46. The van der Waals surface area contributed by atoms with Crippen molar-refractivity contribution in [1.82, 2.24) is 0 Å². The molecule has 0 aromatic heterocycles. The number of rotatable bonds is 3. The third-order valence-corrected chi connectivity index (χ3v) is 1.64. The highest BCUT2D eigenvalue weighted by Gasteiger charge is 2.32. The maximum atomic E-state index is 12.0. The second-order valence-electron chi connectivity index (χ2n) is 2.70. The van der Waals surface area contributed by atoms with Crippen molar-refractivity contribution in [3.05, 3.63) is 23.8 Å². The molecule has 0 radical (unpaired) electrons. The van der Waals surface area contributed by atoms with Crippen LogP contribution in [0.1, 0.15) is 5.56 Å². The van der Waals surface area contributed by atoms with Crippen molar-refractivity contribution in [1.29, 1.82) is 0 Å². The second-order valence-corrected chi connectivity index (χ2v) is 2.70. The molecule has 1 rings (SSSR count). The van der Waals surface area contributed by atoms with Gasteiger partial charge in [-0.15, -0.1) is 13.2 Å². The van der Waals surface area contributed by atoms with E-state index < -0.39 is 12.1 Å². The highest BCUT2D eigenvalue weighted by atomic mass is 19.4. The average molecular weight is 235 g/mol. The van der Waals surface area contributed by atoms with Crippen LogP contribution in [0.2, 0.25) is 0 Å². The number of methoxy groups -OCH3 is 1. The summed E-state index contributed by atoms with van der Waals surface area (Å²) in [6.45, 7) is 0. The SMILES string of the molecule is COc1ccc(C=NO)c(OC(F)(F)F)c1. The summed E-state index contributed by atoms with van der Waals surface area (Å²) in [5.41, 5.74) is -0.0133. The molecule has 0 aliphatic carbocycles. The van der Waals surface area contributed by atoms with Crippen LogP contribution < -0.4 is 9.47 Å². The Morgan fingerprint density at radius 1 is 1.38 bits per heavy atom. The van der Waals surface area contributed by atoms with Crippen molar-refractivity contribution < 1.29 is 27.9 Å². The van der Waals surface area contributed by atoms with Gasteiger partial charge < -0.3 is 14.7 Å². The molecule has 0 amide bonds. The van der Waals surface area contributed by atoms with Gasteiger partial charge in [-0.3, -0.25) is 0 Å². The van der Waals surface area contributed by atoms with Crippen molar-refractivity contribution in [3.8, 4) is 11.5 Å². The largest absolute Gasteiger partial charge is 0.573 e. The van der Waals surface area contributed by atoms with Crippen LogP contribution in [0.4, 0.5) is 13.2 Å². The Labute approximate surface area is 88.9 Å². The third-order valence-electron chi connectivity index (χ3n) is 1.64. The number of nitrogens with zero attached hydrogens (tertiary/aromatic N) is 1. The van der Waals surface area contributed by atoms with Crippen molar-refractivity contribution in [2.75, 3.05) is 7.11 Å². The Kier molecular flexibility index (Phi) is 3.60. The number of alkyl halides is 3. The number of hydrogen-bond acceptors (Lipinski definition) is 4. The molecule has 1 N–H and O–H groups in total. The molecule has 0 heterocycles. The molecule has 7 heteroatoms. The van der Waals surface area contributed by atoms with E-state index in [0.717, 1.165) is 12.3 Å². The van der Waals surface area contributed by atoms with E-state index in [-0.39, 0.29) is 11.3 Å². The fourth-order valence-corrected chi connectivity index (χ4v) is 1.02.